The number of aromatic nitrogens is 3. The van der Waals surface area contributed by atoms with Crippen LogP contribution in [-0.2, 0) is 16.1 Å². The minimum absolute atomic E-state index is 0.160. The average molecular weight is 417 g/mol. The van der Waals surface area contributed by atoms with Crippen molar-refractivity contribution in [3.63, 3.8) is 0 Å². The Morgan fingerprint density at radius 3 is 2.52 bits per heavy atom. The van der Waals surface area contributed by atoms with Crippen molar-refractivity contribution in [3.8, 4) is 22.7 Å². The van der Waals surface area contributed by atoms with Crippen LogP contribution in [0.15, 0.2) is 48.7 Å². The summed E-state index contributed by atoms with van der Waals surface area (Å²) in [6.07, 6.45) is 2.84. The minimum Gasteiger partial charge on any atom is -0.496 e. The SMILES string of the molecule is COc1ccccc1-c1cn(-c2ccc3c(c2)CN(N2C(=O)CCCC2=O)C3=O)nn1. The van der Waals surface area contributed by atoms with E-state index in [0.717, 1.165) is 21.8 Å². The molecule has 5 rings (SSSR count). The van der Waals surface area contributed by atoms with Gasteiger partial charge < -0.3 is 4.74 Å². The van der Waals surface area contributed by atoms with E-state index in [4.69, 9.17) is 4.74 Å². The van der Waals surface area contributed by atoms with E-state index in [0.29, 0.717) is 23.4 Å². The summed E-state index contributed by atoms with van der Waals surface area (Å²) >= 11 is 0. The van der Waals surface area contributed by atoms with Crippen molar-refractivity contribution in [3.05, 3.63) is 59.8 Å². The molecule has 0 saturated carbocycles. The Bertz CT molecular complexity index is 1200. The number of hydrogen-bond donors (Lipinski definition) is 0. The number of imide groups is 1. The highest BCUT2D eigenvalue weighted by molar-refractivity contribution is 6.04. The highest BCUT2D eigenvalue weighted by Crippen LogP contribution is 2.30. The molecule has 0 atom stereocenters. The number of benzene rings is 2. The van der Waals surface area contributed by atoms with Crippen LogP contribution in [0.25, 0.3) is 16.9 Å². The number of hydrazine groups is 1. The summed E-state index contributed by atoms with van der Waals surface area (Å²) in [5.74, 6) is -0.329. The quantitative estimate of drug-likeness (QED) is 0.605. The van der Waals surface area contributed by atoms with Crippen molar-refractivity contribution in [2.24, 2.45) is 0 Å². The van der Waals surface area contributed by atoms with E-state index >= 15 is 0 Å². The number of para-hydroxylation sites is 1. The lowest BCUT2D eigenvalue weighted by molar-refractivity contribution is -0.163. The van der Waals surface area contributed by atoms with E-state index in [1.165, 1.54) is 5.01 Å². The van der Waals surface area contributed by atoms with Crippen molar-refractivity contribution in [2.75, 3.05) is 7.11 Å². The normalized spacial score (nSPS) is 16.1. The molecule has 31 heavy (non-hydrogen) atoms. The van der Waals surface area contributed by atoms with Crippen LogP contribution in [0.4, 0.5) is 0 Å². The molecule has 3 aromatic rings. The summed E-state index contributed by atoms with van der Waals surface area (Å²) < 4.78 is 7.01. The van der Waals surface area contributed by atoms with Crippen LogP contribution < -0.4 is 4.74 Å². The fraction of sp³-hybridized carbons (Fsp3) is 0.227. The number of hydrogen-bond acceptors (Lipinski definition) is 6. The van der Waals surface area contributed by atoms with E-state index in [1.807, 2.05) is 30.3 Å². The van der Waals surface area contributed by atoms with Gasteiger partial charge in [-0.2, -0.15) is 5.01 Å². The molecule has 2 aliphatic heterocycles. The Balaban J connectivity index is 1.44. The zero-order valence-electron chi connectivity index (χ0n) is 16.8. The Morgan fingerprint density at radius 2 is 1.74 bits per heavy atom. The van der Waals surface area contributed by atoms with Crippen LogP contribution in [0, 0.1) is 0 Å². The molecule has 3 heterocycles. The average Bonchev–Trinajstić information content (AvgIpc) is 3.39. The van der Waals surface area contributed by atoms with Gasteiger partial charge in [0.05, 0.1) is 25.5 Å². The highest BCUT2D eigenvalue weighted by Gasteiger charge is 2.39. The lowest BCUT2D eigenvalue weighted by Gasteiger charge is -2.32. The summed E-state index contributed by atoms with van der Waals surface area (Å²) in [7, 11) is 1.60. The van der Waals surface area contributed by atoms with Crippen LogP contribution in [0.1, 0.15) is 35.2 Å². The summed E-state index contributed by atoms with van der Waals surface area (Å²) in [6, 6.07) is 12.8. The molecule has 1 aromatic heterocycles. The molecule has 9 heteroatoms. The van der Waals surface area contributed by atoms with Crippen LogP contribution in [0.5, 0.6) is 5.75 Å². The first-order chi connectivity index (χ1) is 15.1. The van der Waals surface area contributed by atoms with E-state index < -0.39 is 0 Å². The lowest BCUT2D eigenvalue weighted by Crippen LogP contribution is -2.51. The first kappa shape index (κ1) is 19.0. The monoisotopic (exact) mass is 417 g/mol. The third-order valence-electron chi connectivity index (χ3n) is 5.51. The predicted molar refractivity (Wildman–Crippen MR) is 109 cm³/mol. The van der Waals surface area contributed by atoms with Gasteiger partial charge in [0.1, 0.15) is 11.4 Å². The number of carbonyl (C=O) groups excluding carboxylic acids is 3. The number of methoxy groups -OCH3 is 1. The molecule has 1 fully saturated rings. The molecule has 0 spiro atoms. The summed E-state index contributed by atoms with van der Waals surface area (Å²) in [5, 5.41) is 10.7. The van der Waals surface area contributed by atoms with Crippen molar-refractivity contribution in [1.82, 2.24) is 25.0 Å². The van der Waals surface area contributed by atoms with Crippen molar-refractivity contribution in [2.45, 2.75) is 25.8 Å². The molecule has 0 aliphatic carbocycles. The number of ether oxygens (including phenoxy) is 1. The first-order valence-electron chi connectivity index (χ1n) is 9.93. The van der Waals surface area contributed by atoms with E-state index in [1.54, 1.807) is 30.1 Å². The summed E-state index contributed by atoms with van der Waals surface area (Å²) in [6.45, 7) is 0.160. The van der Waals surface area contributed by atoms with Gasteiger partial charge in [-0.15, -0.1) is 5.10 Å². The second kappa shape index (κ2) is 7.35. The summed E-state index contributed by atoms with van der Waals surface area (Å²) in [5.41, 5.74) is 3.39. The molecule has 2 aromatic carbocycles. The van der Waals surface area contributed by atoms with Crippen molar-refractivity contribution >= 4 is 17.7 Å². The maximum atomic E-state index is 12.8. The van der Waals surface area contributed by atoms with Crippen molar-refractivity contribution < 1.29 is 19.1 Å². The fourth-order valence-corrected chi connectivity index (χ4v) is 3.98. The Morgan fingerprint density at radius 1 is 0.968 bits per heavy atom. The number of fused-ring (bicyclic) bond motifs is 1. The zero-order valence-corrected chi connectivity index (χ0v) is 16.8. The topological polar surface area (TPSA) is 97.6 Å². The van der Waals surface area contributed by atoms with Gasteiger partial charge in [-0.3, -0.25) is 14.4 Å². The second-order valence-corrected chi connectivity index (χ2v) is 7.41. The smallest absolute Gasteiger partial charge is 0.273 e. The minimum atomic E-state index is -0.349. The third kappa shape index (κ3) is 3.14. The number of nitrogens with zero attached hydrogens (tertiary/aromatic N) is 5. The van der Waals surface area contributed by atoms with Crippen molar-refractivity contribution in [1.29, 1.82) is 0 Å². The van der Waals surface area contributed by atoms with Crippen LogP contribution in [0.3, 0.4) is 0 Å². The summed E-state index contributed by atoms with van der Waals surface area (Å²) in [4.78, 5) is 37.3. The fourth-order valence-electron chi connectivity index (χ4n) is 3.98. The van der Waals surface area contributed by atoms with Gasteiger partial charge in [0, 0.05) is 24.0 Å². The molecule has 0 N–H and O–H groups in total. The van der Waals surface area contributed by atoms with Gasteiger partial charge in [-0.25, -0.2) is 9.69 Å². The van der Waals surface area contributed by atoms with Crippen LogP contribution in [-0.4, -0.2) is 49.8 Å². The molecular weight excluding hydrogens is 398 g/mol. The lowest BCUT2D eigenvalue weighted by atomic mass is 10.1. The number of rotatable bonds is 4. The largest absolute Gasteiger partial charge is 0.496 e. The maximum Gasteiger partial charge on any atom is 0.273 e. The molecule has 2 aliphatic rings. The molecule has 0 radical (unpaired) electrons. The van der Waals surface area contributed by atoms with Crippen LogP contribution in [0.2, 0.25) is 0 Å². The number of carbonyl (C=O) groups is 3. The molecule has 1 saturated heterocycles. The molecule has 3 amide bonds. The van der Waals surface area contributed by atoms with Gasteiger partial charge in [0.15, 0.2) is 0 Å². The molecule has 9 nitrogen and oxygen atoms in total. The second-order valence-electron chi connectivity index (χ2n) is 7.41. The van der Waals surface area contributed by atoms with E-state index in [-0.39, 0.29) is 37.1 Å². The van der Waals surface area contributed by atoms with E-state index in [2.05, 4.69) is 10.3 Å². The zero-order chi connectivity index (χ0) is 21.5. The van der Waals surface area contributed by atoms with Gasteiger partial charge in [-0.1, -0.05) is 17.3 Å². The first-order valence-corrected chi connectivity index (χ1v) is 9.93. The Hall–Kier alpha value is -4.01. The van der Waals surface area contributed by atoms with Gasteiger partial charge in [0.25, 0.3) is 5.91 Å². The molecule has 0 bridgehead atoms. The number of amides is 3. The predicted octanol–water partition coefficient (Wildman–Crippen LogP) is 2.35. The highest BCUT2D eigenvalue weighted by atomic mass is 16.5. The standard InChI is InChI=1S/C22H19N5O4/c1-31-19-6-3-2-5-17(19)18-13-25(24-23-18)15-9-10-16-14(11-15)12-26(22(16)30)27-20(28)7-4-8-21(27)29/h2-3,5-6,9-11,13H,4,7-8,12H2,1H3. The number of piperidine rings is 1. The van der Waals surface area contributed by atoms with Crippen LogP contribution >= 0.6 is 0 Å². The van der Waals surface area contributed by atoms with Gasteiger partial charge in [0.2, 0.25) is 11.8 Å². The third-order valence-corrected chi connectivity index (χ3v) is 5.51. The molecule has 156 valence electrons. The Labute approximate surface area is 177 Å². The van der Waals surface area contributed by atoms with Gasteiger partial charge >= 0.3 is 0 Å². The van der Waals surface area contributed by atoms with Gasteiger partial charge in [-0.05, 0) is 42.3 Å². The molecule has 0 unspecified atom stereocenters. The maximum absolute atomic E-state index is 12.8. The molecular formula is C22H19N5O4. The Kier molecular flexibility index (Phi) is 4.50. The van der Waals surface area contributed by atoms with E-state index in [9.17, 15) is 14.4 Å².